The van der Waals surface area contributed by atoms with Gasteiger partial charge in [-0.1, -0.05) is 0 Å². The molecule has 0 aromatic carbocycles. The van der Waals surface area contributed by atoms with Gasteiger partial charge in [-0.05, 0) is 26.7 Å². The highest BCUT2D eigenvalue weighted by Crippen LogP contribution is 2.17. The van der Waals surface area contributed by atoms with Gasteiger partial charge in [-0.15, -0.1) is 0 Å². The molecule has 1 N–H and O–H groups in total. The first-order valence-corrected chi connectivity index (χ1v) is 6.00. The topological polar surface area (TPSA) is 55.4 Å². The third-order valence-corrected chi connectivity index (χ3v) is 2.62. The normalized spacial score (nSPS) is 17.8. The van der Waals surface area contributed by atoms with Crippen LogP contribution in [0.25, 0.3) is 0 Å². The van der Waals surface area contributed by atoms with Crippen molar-refractivity contribution in [3.63, 3.8) is 0 Å². The van der Waals surface area contributed by atoms with Crippen LogP contribution in [0.3, 0.4) is 0 Å². The number of nitrogens with one attached hydrogen (secondary N) is 1. The second kappa shape index (κ2) is 6.63. The SMILES string of the molecule is CC(C)NC(=O)CCOC1CCC(=O)CC1. The van der Waals surface area contributed by atoms with E-state index in [2.05, 4.69) is 5.32 Å². The molecule has 0 heterocycles. The number of ether oxygens (including phenoxy) is 1. The van der Waals surface area contributed by atoms with E-state index < -0.39 is 0 Å². The van der Waals surface area contributed by atoms with Crippen molar-refractivity contribution in [3.8, 4) is 0 Å². The van der Waals surface area contributed by atoms with E-state index in [4.69, 9.17) is 4.74 Å². The molecule has 4 heteroatoms. The van der Waals surface area contributed by atoms with Crippen molar-refractivity contribution in [2.24, 2.45) is 0 Å². The van der Waals surface area contributed by atoms with Crippen molar-refractivity contribution >= 4 is 11.7 Å². The van der Waals surface area contributed by atoms with E-state index in [0.29, 0.717) is 31.7 Å². The van der Waals surface area contributed by atoms with Gasteiger partial charge in [-0.3, -0.25) is 9.59 Å². The van der Waals surface area contributed by atoms with Crippen LogP contribution < -0.4 is 5.32 Å². The summed E-state index contributed by atoms with van der Waals surface area (Å²) in [4.78, 5) is 22.3. The largest absolute Gasteiger partial charge is 0.378 e. The highest BCUT2D eigenvalue weighted by Gasteiger charge is 2.19. The van der Waals surface area contributed by atoms with Gasteiger partial charge in [0.25, 0.3) is 0 Å². The lowest BCUT2D eigenvalue weighted by molar-refractivity contribution is -0.126. The van der Waals surface area contributed by atoms with E-state index in [1.54, 1.807) is 0 Å². The molecular weight excluding hydrogens is 206 g/mol. The Kier molecular flexibility index (Phi) is 5.46. The van der Waals surface area contributed by atoms with Crippen LogP contribution >= 0.6 is 0 Å². The Morgan fingerprint density at radius 2 is 2.06 bits per heavy atom. The van der Waals surface area contributed by atoms with Crippen molar-refractivity contribution < 1.29 is 14.3 Å². The van der Waals surface area contributed by atoms with Gasteiger partial charge in [0.2, 0.25) is 5.91 Å². The third kappa shape index (κ3) is 5.26. The Labute approximate surface area is 96.7 Å². The van der Waals surface area contributed by atoms with Crippen LogP contribution in [0.5, 0.6) is 0 Å². The Morgan fingerprint density at radius 3 is 2.62 bits per heavy atom. The van der Waals surface area contributed by atoms with Gasteiger partial charge >= 0.3 is 0 Å². The number of carbonyl (C=O) groups excluding carboxylic acids is 2. The minimum atomic E-state index is 0.0295. The zero-order valence-electron chi connectivity index (χ0n) is 10.1. The Balaban J connectivity index is 2.07. The number of hydrogen-bond acceptors (Lipinski definition) is 3. The zero-order valence-corrected chi connectivity index (χ0v) is 10.1. The highest BCUT2D eigenvalue weighted by molar-refractivity contribution is 5.79. The lowest BCUT2D eigenvalue weighted by Crippen LogP contribution is -2.31. The molecule has 0 aliphatic heterocycles. The van der Waals surface area contributed by atoms with Gasteiger partial charge in [0.1, 0.15) is 5.78 Å². The van der Waals surface area contributed by atoms with Gasteiger partial charge in [-0.25, -0.2) is 0 Å². The minimum absolute atomic E-state index is 0.0295. The maximum absolute atomic E-state index is 11.3. The Hall–Kier alpha value is -0.900. The summed E-state index contributed by atoms with van der Waals surface area (Å²) in [5.74, 6) is 0.360. The molecular formula is C12H21NO3. The molecule has 1 rings (SSSR count). The first kappa shape index (κ1) is 13.2. The predicted octanol–water partition coefficient (Wildman–Crippen LogP) is 1.43. The second-order valence-electron chi connectivity index (χ2n) is 4.58. The molecule has 0 unspecified atom stereocenters. The van der Waals surface area contributed by atoms with Crippen molar-refractivity contribution in [1.82, 2.24) is 5.32 Å². The lowest BCUT2D eigenvalue weighted by Gasteiger charge is -2.21. The van der Waals surface area contributed by atoms with Crippen LogP contribution in [-0.2, 0) is 14.3 Å². The summed E-state index contributed by atoms with van der Waals surface area (Å²) >= 11 is 0. The summed E-state index contributed by atoms with van der Waals surface area (Å²) in [6.45, 7) is 4.33. The molecule has 0 radical (unpaired) electrons. The van der Waals surface area contributed by atoms with Crippen molar-refractivity contribution in [2.75, 3.05) is 6.61 Å². The second-order valence-corrected chi connectivity index (χ2v) is 4.58. The summed E-state index contributed by atoms with van der Waals surface area (Å²) in [7, 11) is 0. The molecule has 92 valence electrons. The van der Waals surface area contributed by atoms with E-state index >= 15 is 0 Å². The summed E-state index contributed by atoms with van der Waals surface area (Å²) in [6.07, 6.45) is 3.45. The fourth-order valence-electron chi connectivity index (χ4n) is 1.79. The number of amides is 1. The number of Topliss-reactive ketones (excluding diaryl/α,β-unsaturated/α-hetero) is 1. The quantitative estimate of drug-likeness (QED) is 0.773. The van der Waals surface area contributed by atoms with Gasteiger partial charge in [0.05, 0.1) is 12.7 Å². The Morgan fingerprint density at radius 1 is 1.44 bits per heavy atom. The lowest BCUT2D eigenvalue weighted by atomic mass is 9.96. The maximum atomic E-state index is 11.3. The maximum Gasteiger partial charge on any atom is 0.222 e. The van der Waals surface area contributed by atoms with E-state index in [0.717, 1.165) is 12.8 Å². The summed E-state index contributed by atoms with van der Waals surface area (Å²) < 4.78 is 5.57. The van der Waals surface area contributed by atoms with Crippen LogP contribution in [0.1, 0.15) is 46.0 Å². The predicted molar refractivity (Wildman–Crippen MR) is 61.1 cm³/mol. The minimum Gasteiger partial charge on any atom is -0.378 e. The molecule has 4 nitrogen and oxygen atoms in total. The number of ketones is 1. The van der Waals surface area contributed by atoms with Gasteiger partial charge < -0.3 is 10.1 Å². The third-order valence-electron chi connectivity index (χ3n) is 2.62. The molecule has 0 saturated heterocycles. The molecule has 1 saturated carbocycles. The molecule has 0 aromatic rings. The van der Waals surface area contributed by atoms with Crippen LogP contribution in [0, 0.1) is 0 Å². The molecule has 16 heavy (non-hydrogen) atoms. The van der Waals surface area contributed by atoms with Gasteiger partial charge in [0, 0.05) is 25.3 Å². The fourth-order valence-corrected chi connectivity index (χ4v) is 1.79. The molecule has 0 aromatic heterocycles. The number of carbonyl (C=O) groups is 2. The van der Waals surface area contributed by atoms with Crippen molar-refractivity contribution in [2.45, 2.75) is 58.1 Å². The average molecular weight is 227 g/mol. The van der Waals surface area contributed by atoms with E-state index in [-0.39, 0.29) is 18.1 Å². The summed E-state index contributed by atoms with van der Waals surface area (Å²) in [6, 6.07) is 0.180. The molecule has 1 aliphatic carbocycles. The Bertz CT molecular complexity index is 241. The van der Waals surface area contributed by atoms with Gasteiger partial charge in [-0.2, -0.15) is 0 Å². The smallest absolute Gasteiger partial charge is 0.222 e. The molecule has 0 spiro atoms. The van der Waals surface area contributed by atoms with Crippen LogP contribution in [0.15, 0.2) is 0 Å². The van der Waals surface area contributed by atoms with E-state index in [1.807, 2.05) is 13.8 Å². The van der Waals surface area contributed by atoms with Crippen LogP contribution in [0.4, 0.5) is 0 Å². The summed E-state index contributed by atoms with van der Waals surface area (Å²) in [5.41, 5.74) is 0. The van der Waals surface area contributed by atoms with Crippen LogP contribution in [0.2, 0.25) is 0 Å². The molecule has 1 amide bonds. The molecule has 0 bridgehead atoms. The molecule has 0 atom stereocenters. The molecule has 1 aliphatic rings. The first-order chi connectivity index (χ1) is 7.58. The van der Waals surface area contributed by atoms with Gasteiger partial charge in [0.15, 0.2) is 0 Å². The van der Waals surface area contributed by atoms with Crippen LogP contribution in [-0.4, -0.2) is 30.4 Å². The zero-order chi connectivity index (χ0) is 12.0. The monoisotopic (exact) mass is 227 g/mol. The average Bonchev–Trinajstić information content (AvgIpc) is 2.20. The summed E-state index contributed by atoms with van der Waals surface area (Å²) in [5, 5.41) is 2.81. The number of hydrogen-bond donors (Lipinski definition) is 1. The first-order valence-electron chi connectivity index (χ1n) is 6.00. The fraction of sp³-hybridized carbons (Fsp3) is 0.833. The van der Waals surface area contributed by atoms with E-state index in [9.17, 15) is 9.59 Å². The van der Waals surface area contributed by atoms with Crippen molar-refractivity contribution in [1.29, 1.82) is 0 Å². The highest BCUT2D eigenvalue weighted by atomic mass is 16.5. The van der Waals surface area contributed by atoms with E-state index in [1.165, 1.54) is 0 Å². The standard InChI is InChI=1S/C12H21NO3/c1-9(2)13-12(15)7-8-16-11-5-3-10(14)4-6-11/h9,11H,3-8H2,1-2H3,(H,13,15). The number of rotatable bonds is 5. The molecule has 1 fully saturated rings. The van der Waals surface area contributed by atoms with Crippen molar-refractivity contribution in [3.05, 3.63) is 0 Å².